The van der Waals surface area contributed by atoms with Gasteiger partial charge in [0.15, 0.2) is 0 Å². The maximum absolute atomic E-state index is 15.0. The molecule has 0 unspecified atom stereocenters. The largest absolute Gasteiger partial charge is 0.494 e. The summed E-state index contributed by atoms with van der Waals surface area (Å²) in [7, 11) is 1.81. The highest BCUT2D eigenvalue weighted by molar-refractivity contribution is 6.35. The summed E-state index contributed by atoms with van der Waals surface area (Å²) in [5, 5.41) is 12.9. The molecule has 1 atom stereocenters. The Morgan fingerprint density at radius 1 is 1.02 bits per heavy atom. The smallest absolute Gasteiger partial charge is 0.337 e. The molecule has 11 heteroatoms. The minimum atomic E-state index is -1.04. The van der Waals surface area contributed by atoms with E-state index in [1.54, 1.807) is 22.0 Å². The van der Waals surface area contributed by atoms with Crippen LogP contribution in [-0.4, -0.2) is 49.2 Å². The first-order valence-electron chi connectivity index (χ1n) is 16.6. The molecule has 1 amide bonds. The Kier molecular flexibility index (Phi) is 8.60. The zero-order valence-corrected chi connectivity index (χ0v) is 30.3. The first-order chi connectivity index (χ1) is 23.9. The third-order valence-corrected chi connectivity index (χ3v) is 10.7. The number of carbonyl (C=O) groups excluding carboxylic acids is 1. The molecule has 1 N–H and O–H groups in total. The van der Waals surface area contributed by atoms with Crippen molar-refractivity contribution in [3.8, 4) is 16.9 Å². The van der Waals surface area contributed by atoms with Crippen LogP contribution in [0.4, 0.5) is 5.69 Å². The zero-order chi connectivity index (χ0) is 35.6. The van der Waals surface area contributed by atoms with Crippen molar-refractivity contribution in [1.29, 1.82) is 0 Å². The second kappa shape index (κ2) is 12.8. The number of amides is 1. The molecule has 6 aromatic rings. The van der Waals surface area contributed by atoms with Crippen LogP contribution in [0.2, 0.25) is 10.0 Å². The molecule has 50 heavy (non-hydrogen) atoms. The number of fused-ring (bicyclic) bond motifs is 4. The van der Waals surface area contributed by atoms with Crippen molar-refractivity contribution in [3.05, 3.63) is 104 Å². The zero-order valence-electron chi connectivity index (χ0n) is 28.8. The highest BCUT2D eigenvalue weighted by atomic mass is 35.5. The number of aryl methyl sites for hydroxylation is 6. The number of carboxylic acid groups (broad SMARTS) is 1. The fourth-order valence-corrected chi connectivity index (χ4v) is 7.93. The van der Waals surface area contributed by atoms with Crippen LogP contribution in [0.5, 0.6) is 5.75 Å². The van der Waals surface area contributed by atoms with Gasteiger partial charge in [-0.2, -0.15) is 0 Å². The van der Waals surface area contributed by atoms with Gasteiger partial charge in [-0.05, 0) is 94.5 Å². The molecule has 1 aliphatic rings. The Hall–Kier alpha value is -4.86. The molecule has 4 heterocycles. The van der Waals surface area contributed by atoms with E-state index in [4.69, 9.17) is 27.9 Å². The van der Waals surface area contributed by atoms with Crippen LogP contribution in [0, 0.1) is 27.7 Å². The van der Waals surface area contributed by atoms with Gasteiger partial charge in [0.25, 0.3) is 5.91 Å². The maximum atomic E-state index is 15.0. The molecule has 1 aliphatic heterocycles. The summed E-state index contributed by atoms with van der Waals surface area (Å²) in [6.07, 6.45) is 4.33. The summed E-state index contributed by atoms with van der Waals surface area (Å²) in [4.78, 5) is 38.1. The molecule has 0 spiro atoms. The van der Waals surface area contributed by atoms with E-state index >= 15 is 0 Å². The fraction of sp³-hybridized carbons (Fsp3) is 0.282. The lowest BCUT2D eigenvalue weighted by Crippen LogP contribution is -2.42. The Bertz CT molecular complexity index is 2330. The van der Waals surface area contributed by atoms with Gasteiger partial charge < -0.3 is 23.9 Å². The minimum absolute atomic E-state index is 0.152. The Labute approximate surface area is 300 Å². The lowest BCUT2D eigenvalue weighted by molar-refractivity contribution is 0.0698. The topological polar surface area (TPSA) is 102 Å². The highest BCUT2D eigenvalue weighted by Crippen LogP contribution is 2.45. The lowest BCUT2D eigenvalue weighted by Gasteiger charge is -2.35. The quantitative estimate of drug-likeness (QED) is 0.158. The highest BCUT2D eigenvalue weighted by Gasteiger charge is 2.37. The van der Waals surface area contributed by atoms with Crippen molar-refractivity contribution in [2.45, 2.75) is 53.5 Å². The van der Waals surface area contributed by atoms with Crippen molar-refractivity contribution >= 4 is 62.6 Å². The maximum Gasteiger partial charge on any atom is 0.337 e. The number of halogens is 2. The van der Waals surface area contributed by atoms with Gasteiger partial charge in [-0.25, -0.2) is 14.8 Å². The van der Waals surface area contributed by atoms with Crippen LogP contribution in [0.3, 0.4) is 0 Å². The Morgan fingerprint density at radius 2 is 1.72 bits per heavy atom. The molecule has 9 nitrogen and oxygen atoms in total. The van der Waals surface area contributed by atoms with Crippen LogP contribution < -0.4 is 9.64 Å². The van der Waals surface area contributed by atoms with Gasteiger partial charge in [-0.15, -0.1) is 0 Å². The van der Waals surface area contributed by atoms with Crippen molar-refractivity contribution in [3.63, 3.8) is 0 Å². The van der Waals surface area contributed by atoms with E-state index in [0.29, 0.717) is 47.8 Å². The number of aromatic nitrogens is 4. The van der Waals surface area contributed by atoms with Gasteiger partial charge in [0.1, 0.15) is 17.8 Å². The number of rotatable bonds is 8. The number of benzene rings is 3. The third kappa shape index (κ3) is 5.40. The van der Waals surface area contributed by atoms with Crippen LogP contribution in [0.15, 0.2) is 55.0 Å². The van der Waals surface area contributed by atoms with Crippen molar-refractivity contribution in [2.24, 2.45) is 7.05 Å². The van der Waals surface area contributed by atoms with Crippen molar-refractivity contribution < 1.29 is 19.4 Å². The second-order valence-electron chi connectivity index (χ2n) is 13.2. The molecule has 0 radical (unpaired) electrons. The van der Waals surface area contributed by atoms with Gasteiger partial charge in [0, 0.05) is 64.1 Å². The molecule has 0 aliphatic carbocycles. The molecule has 0 fully saturated rings. The SMILES string of the molecule is Cc1cc(OCCCc2c3n(c4c(-c5c(C)ncnc5C)c(Cl)ccc24)[C@H](C)CN(c2cccc4c2c(C(=O)O)cn4C)C3=O)cc(C)c1Cl. The number of hydrogen-bond acceptors (Lipinski definition) is 5. The lowest BCUT2D eigenvalue weighted by atomic mass is 9.97. The van der Waals surface area contributed by atoms with Crippen LogP contribution in [-0.2, 0) is 13.5 Å². The van der Waals surface area contributed by atoms with Gasteiger partial charge in [-0.1, -0.05) is 35.3 Å². The number of carboxylic acids is 1. The first kappa shape index (κ1) is 33.6. The molecule has 256 valence electrons. The van der Waals surface area contributed by atoms with Crippen molar-refractivity contribution in [1.82, 2.24) is 19.1 Å². The second-order valence-corrected chi connectivity index (χ2v) is 13.9. The van der Waals surface area contributed by atoms with E-state index in [1.807, 2.05) is 77.2 Å². The Balaban J connectivity index is 1.39. The number of carbonyl (C=O) groups is 2. The van der Waals surface area contributed by atoms with E-state index in [-0.39, 0.29) is 17.5 Å². The van der Waals surface area contributed by atoms with E-state index < -0.39 is 5.97 Å². The number of hydrogen-bond donors (Lipinski definition) is 1. The van der Waals surface area contributed by atoms with Crippen LogP contribution >= 0.6 is 23.2 Å². The van der Waals surface area contributed by atoms with Gasteiger partial charge in [0.2, 0.25) is 0 Å². The monoisotopic (exact) mass is 709 g/mol. The summed E-state index contributed by atoms with van der Waals surface area (Å²) in [6.45, 7) is 10.6. The average Bonchev–Trinajstić information content (AvgIpc) is 3.60. The predicted octanol–water partition coefficient (Wildman–Crippen LogP) is 9.06. The number of aromatic carboxylic acids is 1. The summed E-state index contributed by atoms with van der Waals surface area (Å²) < 4.78 is 10.1. The molecule has 0 saturated carbocycles. The number of nitrogens with zero attached hydrogens (tertiary/aromatic N) is 5. The summed E-state index contributed by atoms with van der Waals surface area (Å²) >= 11 is 13.4. The van der Waals surface area contributed by atoms with Gasteiger partial charge in [0.05, 0.1) is 33.9 Å². The molecular weight excluding hydrogens is 673 g/mol. The summed E-state index contributed by atoms with van der Waals surface area (Å²) in [5.41, 5.74) is 8.88. The molecule has 3 aromatic heterocycles. The number of ether oxygens (including phenoxy) is 1. The van der Waals surface area contributed by atoms with Crippen molar-refractivity contribution in [2.75, 3.05) is 18.1 Å². The van der Waals surface area contributed by atoms with Crippen LogP contribution in [0.1, 0.15) is 68.3 Å². The third-order valence-electron chi connectivity index (χ3n) is 9.80. The molecular formula is C39H37Cl2N5O4. The molecule has 3 aromatic carbocycles. The van der Waals surface area contributed by atoms with E-state index in [1.165, 1.54) is 0 Å². The van der Waals surface area contributed by atoms with E-state index in [2.05, 4.69) is 21.5 Å². The molecule has 0 saturated heterocycles. The standard InChI is InChI=1S/C39H37Cl2N5O4/c1-20-15-25(16-21(2)35(20)41)50-14-8-9-26-27-12-13-29(40)34(32-23(4)42-19-43-24(32)5)36(27)46-22(3)17-45(38(47)37(26)46)31-11-7-10-30-33(31)28(39(48)49)18-44(30)6/h7,10-13,15-16,18-19,22H,8-9,14,17H2,1-6H3,(H,48,49)/t22-/m1/s1. The van der Waals surface area contributed by atoms with Gasteiger partial charge in [-0.3, -0.25) is 4.79 Å². The number of anilines is 1. The average molecular weight is 711 g/mol. The Morgan fingerprint density at radius 3 is 2.40 bits per heavy atom. The van der Waals surface area contributed by atoms with Crippen LogP contribution in [0.25, 0.3) is 32.9 Å². The summed E-state index contributed by atoms with van der Waals surface area (Å²) in [6, 6.07) is 13.1. The molecule has 7 rings (SSSR count). The van der Waals surface area contributed by atoms with E-state index in [9.17, 15) is 14.7 Å². The summed E-state index contributed by atoms with van der Waals surface area (Å²) in [5.74, 6) is -0.499. The fourth-order valence-electron chi connectivity index (χ4n) is 7.57. The van der Waals surface area contributed by atoms with Gasteiger partial charge >= 0.3 is 5.97 Å². The molecule has 0 bridgehead atoms. The predicted molar refractivity (Wildman–Crippen MR) is 198 cm³/mol. The first-order valence-corrected chi connectivity index (χ1v) is 17.3. The normalized spacial score (nSPS) is 14.5. The minimum Gasteiger partial charge on any atom is -0.494 e. The van der Waals surface area contributed by atoms with E-state index in [0.717, 1.165) is 66.4 Å².